The van der Waals surface area contributed by atoms with Gasteiger partial charge in [-0.25, -0.2) is 0 Å². The van der Waals surface area contributed by atoms with E-state index in [-0.39, 0.29) is 43.0 Å². The van der Waals surface area contributed by atoms with Gasteiger partial charge in [-0.05, 0) is 12.9 Å². The van der Waals surface area contributed by atoms with Crippen molar-refractivity contribution >= 4 is 50.6 Å². The standard InChI is InChI=1S/C6H7O3P.Ca/c7-10(8,9)6-4-2-1-3-5-6;/h1-5H,(H2,7,8,9);/q;+2/p-2. The molecule has 1 rings (SSSR count). The van der Waals surface area contributed by atoms with Crippen LogP contribution in [0.25, 0.3) is 0 Å². The average Bonchev–Trinajstić information content (AvgIpc) is 1.88. The first-order chi connectivity index (χ1) is 4.61. The van der Waals surface area contributed by atoms with Crippen LogP contribution in [-0.4, -0.2) is 37.7 Å². The minimum Gasteiger partial charge on any atom is -0.807 e. The van der Waals surface area contributed by atoms with Crippen LogP contribution in [0.15, 0.2) is 30.3 Å². The summed E-state index contributed by atoms with van der Waals surface area (Å²) in [6, 6.07) is 7.23. The van der Waals surface area contributed by atoms with Crippen LogP contribution in [0.1, 0.15) is 0 Å². The van der Waals surface area contributed by atoms with Gasteiger partial charge in [0, 0.05) is 0 Å². The normalized spacial score (nSPS) is 10.4. The number of hydrogen-bond donors (Lipinski definition) is 0. The first-order valence-corrected chi connectivity index (χ1v) is 4.22. The zero-order valence-electron chi connectivity index (χ0n) is 5.77. The van der Waals surface area contributed by atoms with Crippen LogP contribution in [0.2, 0.25) is 0 Å². The minimum atomic E-state index is -4.52. The van der Waals surface area contributed by atoms with E-state index in [1.165, 1.54) is 24.3 Å². The number of rotatable bonds is 1. The van der Waals surface area contributed by atoms with Crippen LogP contribution >= 0.6 is 7.60 Å². The molecule has 3 nitrogen and oxygen atoms in total. The van der Waals surface area contributed by atoms with Crippen molar-refractivity contribution in [1.29, 1.82) is 0 Å². The van der Waals surface area contributed by atoms with Crippen molar-refractivity contribution in [1.82, 2.24) is 0 Å². The van der Waals surface area contributed by atoms with E-state index in [0.29, 0.717) is 0 Å². The van der Waals surface area contributed by atoms with Gasteiger partial charge in [0.2, 0.25) is 0 Å². The Labute approximate surface area is 94.6 Å². The van der Waals surface area contributed by atoms with Crippen molar-refractivity contribution in [3.05, 3.63) is 30.3 Å². The summed E-state index contributed by atoms with van der Waals surface area (Å²) in [7, 11) is -4.52. The molecule has 0 fully saturated rings. The largest absolute Gasteiger partial charge is 2.00 e. The van der Waals surface area contributed by atoms with Crippen molar-refractivity contribution in [2.24, 2.45) is 0 Å². The summed E-state index contributed by atoms with van der Waals surface area (Å²) in [6.07, 6.45) is 0. The first-order valence-electron chi connectivity index (χ1n) is 2.68. The third-order valence-corrected chi connectivity index (χ3v) is 2.00. The predicted molar refractivity (Wildman–Crippen MR) is 39.4 cm³/mol. The second-order valence-electron chi connectivity index (χ2n) is 1.83. The van der Waals surface area contributed by atoms with Crippen molar-refractivity contribution in [3.8, 4) is 0 Å². The molecule has 0 aromatic heterocycles. The number of benzene rings is 1. The van der Waals surface area contributed by atoms with E-state index in [4.69, 9.17) is 0 Å². The molecule has 0 bridgehead atoms. The molecule has 1 aromatic carbocycles. The smallest absolute Gasteiger partial charge is 0.807 e. The summed E-state index contributed by atoms with van der Waals surface area (Å²) in [5, 5.41) is -0.157. The van der Waals surface area contributed by atoms with Crippen LogP contribution in [0.4, 0.5) is 0 Å². The van der Waals surface area contributed by atoms with E-state index in [2.05, 4.69) is 0 Å². The van der Waals surface area contributed by atoms with Crippen molar-refractivity contribution in [2.45, 2.75) is 0 Å². The van der Waals surface area contributed by atoms with Crippen LogP contribution in [-0.2, 0) is 4.57 Å². The van der Waals surface area contributed by atoms with Gasteiger partial charge in [-0.1, -0.05) is 30.3 Å². The maximum atomic E-state index is 10.3. The van der Waals surface area contributed by atoms with Gasteiger partial charge in [-0.3, -0.25) is 0 Å². The zero-order valence-corrected chi connectivity index (χ0v) is 8.87. The van der Waals surface area contributed by atoms with Crippen LogP contribution < -0.4 is 15.1 Å². The van der Waals surface area contributed by atoms with Gasteiger partial charge in [0.05, 0.1) is 0 Å². The second kappa shape index (κ2) is 4.61. The maximum absolute atomic E-state index is 10.3. The molecule has 0 amide bonds. The van der Waals surface area contributed by atoms with Gasteiger partial charge >= 0.3 is 37.7 Å². The van der Waals surface area contributed by atoms with E-state index in [9.17, 15) is 14.4 Å². The molecule has 0 saturated carbocycles. The fraction of sp³-hybridized carbons (Fsp3) is 0. The predicted octanol–water partition coefficient (Wildman–Crippen LogP) is -1.16. The van der Waals surface area contributed by atoms with Gasteiger partial charge in [0.1, 0.15) is 0 Å². The van der Waals surface area contributed by atoms with Gasteiger partial charge in [-0.2, -0.15) is 0 Å². The zero-order chi connectivity index (χ0) is 7.61. The van der Waals surface area contributed by atoms with Crippen LogP contribution in [0.3, 0.4) is 0 Å². The fourth-order valence-corrected chi connectivity index (χ4v) is 1.15. The first kappa shape index (κ1) is 11.6. The molecule has 0 aliphatic heterocycles. The molecular formula is C6H5CaO3P. The molecule has 0 saturated heterocycles. The third kappa shape index (κ3) is 3.70. The second-order valence-corrected chi connectivity index (χ2v) is 3.34. The monoisotopic (exact) mass is 196 g/mol. The van der Waals surface area contributed by atoms with E-state index in [0.717, 1.165) is 0 Å². The molecular weight excluding hydrogens is 191 g/mol. The topological polar surface area (TPSA) is 63.2 Å². The fourth-order valence-electron chi connectivity index (χ4n) is 0.611. The molecule has 0 N–H and O–H groups in total. The van der Waals surface area contributed by atoms with E-state index in [1.807, 2.05) is 0 Å². The molecule has 0 spiro atoms. The van der Waals surface area contributed by atoms with Gasteiger partial charge in [0.15, 0.2) is 0 Å². The summed E-state index contributed by atoms with van der Waals surface area (Å²) < 4.78 is 10.3. The minimum absolute atomic E-state index is 0. The Bertz CT molecular complexity index is 256. The molecule has 0 unspecified atom stereocenters. The van der Waals surface area contributed by atoms with Crippen LogP contribution in [0.5, 0.6) is 0 Å². The summed E-state index contributed by atoms with van der Waals surface area (Å²) in [5.41, 5.74) is 0. The summed E-state index contributed by atoms with van der Waals surface area (Å²) in [4.78, 5) is 20.6. The average molecular weight is 196 g/mol. The summed E-state index contributed by atoms with van der Waals surface area (Å²) in [5.74, 6) is 0. The summed E-state index contributed by atoms with van der Waals surface area (Å²) in [6.45, 7) is 0. The Hall–Kier alpha value is 0.630. The molecule has 0 aliphatic carbocycles. The van der Waals surface area contributed by atoms with E-state index in [1.54, 1.807) is 6.07 Å². The molecule has 11 heavy (non-hydrogen) atoms. The quantitative estimate of drug-likeness (QED) is 0.420. The number of hydrogen-bond acceptors (Lipinski definition) is 3. The molecule has 54 valence electrons. The molecule has 0 radical (unpaired) electrons. The van der Waals surface area contributed by atoms with Gasteiger partial charge in [0.25, 0.3) is 0 Å². The van der Waals surface area contributed by atoms with Crippen molar-refractivity contribution in [2.75, 3.05) is 0 Å². The maximum Gasteiger partial charge on any atom is 2.00 e. The Morgan fingerprint density at radius 3 is 1.82 bits per heavy atom. The molecule has 1 aromatic rings. The molecule has 0 atom stereocenters. The third-order valence-electron chi connectivity index (χ3n) is 1.07. The van der Waals surface area contributed by atoms with E-state index < -0.39 is 7.60 Å². The van der Waals surface area contributed by atoms with Gasteiger partial charge in [-0.15, -0.1) is 0 Å². The van der Waals surface area contributed by atoms with E-state index >= 15 is 0 Å². The summed E-state index contributed by atoms with van der Waals surface area (Å²) >= 11 is 0. The Kier molecular flexibility index (Phi) is 4.87. The Morgan fingerprint density at radius 2 is 1.55 bits per heavy atom. The van der Waals surface area contributed by atoms with Crippen molar-refractivity contribution < 1.29 is 14.4 Å². The Balaban J connectivity index is 0.000001000. The van der Waals surface area contributed by atoms with Gasteiger partial charge < -0.3 is 14.4 Å². The molecule has 0 aliphatic rings. The SMILES string of the molecule is O=P([O-])([O-])c1ccccc1.[Ca+2]. The van der Waals surface area contributed by atoms with Crippen LogP contribution in [0, 0.1) is 0 Å². The van der Waals surface area contributed by atoms with Crippen molar-refractivity contribution in [3.63, 3.8) is 0 Å². The Morgan fingerprint density at radius 1 is 1.09 bits per heavy atom. The molecule has 5 heteroatoms. The molecule has 0 heterocycles.